The summed E-state index contributed by atoms with van der Waals surface area (Å²) in [6.07, 6.45) is 1.33. The van der Waals surface area contributed by atoms with Crippen LogP contribution in [-0.4, -0.2) is 27.1 Å². The Morgan fingerprint density at radius 2 is 1.72 bits per heavy atom. The normalized spacial score (nSPS) is 10.3. The highest BCUT2D eigenvalue weighted by Gasteiger charge is 2.03. The number of hydrogen-bond donors (Lipinski definition) is 3. The average molecular weight is 294 g/mol. The van der Waals surface area contributed by atoms with Crippen molar-refractivity contribution >= 4 is 39.7 Å². The Labute approximate surface area is 112 Å². The third-order valence-corrected chi connectivity index (χ3v) is 2.45. The van der Waals surface area contributed by atoms with Gasteiger partial charge in [0.1, 0.15) is 0 Å². The molecule has 0 aliphatic carbocycles. The Bertz CT molecular complexity index is 488. The zero-order valence-corrected chi connectivity index (χ0v) is 11.5. The van der Waals surface area contributed by atoms with E-state index < -0.39 is 10.0 Å². The van der Waals surface area contributed by atoms with Crippen LogP contribution in [0.3, 0.4) is 0 Å². The third kappa shape index (κ3) is 6.43. The van der Waals surface area contributed by atoms with Crippen molar-refractivity contribution in [3.05, 3.63) is 24.3 Å². The molecule has 0 fully saturated rings. The minimum absolute atomic E-state index is 0. The fourth-order valence-electron chi connectivity index (χ4n) is 1.19. The maximum atomic E-state index is 11.2. The Hall–Kier alpha value is -1.31. The van der Waals surface area contributed by atoms with E-state index in [0.29, 0.717) is 17.9 Å². The molecule has 0 heterocycles. The van der Waals surface area contributed by atoms with Crippen LogP contribution in [0.5, 0.6) is 0 Å². The van der Waals surface area contributed by atoms with Gasteiger partial charge in [0.25, 0.3) is 0 Å². The van der Waals surface area contributed by atoms with Crippen LogP contribution in [0.15, 0.2) is 24.3 Å². The zero-order chi connectivity index (χ0) is 12.9. The molecule has 4 N–H and O–H groups in total. The molecule has 0 bridgehead atoms. The number of hydrogen-bond acceptors (Lipinski definition) is 4. The SMILES string of the molecule is CS(=O)(=O)Nc1ccc(NC(=O)CCN)cc1.Cl. The number of sulfonamides is 1. The number of halogens is 1. The van der Waals surface area contributed by atoms with Crippen LogP contribution in [0.1, 0.15) is 6.42 Å². The molecule has 0 unspecified atom stereocenters. The fourth-order valence-corrected chi connectivity index (χ4v) is 1.75. The molecule has 0 saturated carbocycles. The number of nitrogens with one attached hydrogen (secondary N) is 2. The molecule has 6 nitrogen and oxygen atoms in total. The van der Waals surface area contributed by atoms with E-state index in [0.717, 1.165) is 6.26 Å². The van der Waals surface area contributed by atoms with E-state index in [9.17, 15) is 13.2 Å². The molecule has 0 atom stereocenters. The van der Waals surface area contributed by atoms with Gasteiger partial charge in [-0.25, -0.2) is 8.42 Å². The van der Waals surface area contributed by atoms with Gasteiger partial charge in [0, 0.05) is 24.3 Å². The molecular formula is C10H16ClN3O3S. The predicted molar refractivity (Wildman–Crippen MR) is 74.5 cm³/mol. The van der Waals surface area contributed by atoms with E-state index in [4.69, 9.17) is 5.73 Å². The van der Waals surface area contributed by atoms with Crippen LogP contribution in [0, 0.1) is 0 Å². The lowest BCUT2D eigenvalue weighted by atomic mass is 10.3. The summed E-state index contributed by atoms with van der Waals surface area (Å²) in [4.78, 5) is 11.2. The van der Waals surface area contributed by atoms with Gasteiger partial charge in [0.15, 0.2) is 0 Å². The van der Waals surface area contributed by atoms with E-state index in [-0.39, 0.29) is 24.7 Å². The van der Waals surface area contributed by atoms with E-state index in [2.05, 4.69) is 10.0 Å². The summed E-state index contributed by atoms with van der Waals surface area (Å²) in [5.41, 5.74) is 6.29. The quantitative estimate of drug-likeness (QED) is 0.746. The zero-order valence-electron chi connectivity index (χ0n) is 9.84. The van der Waals surface area contributed by atoms with E-state index in [1.165, 1.54) is 0 Å². The van der Waals surface area contributed by atoms with E-state index in [1.807, 2.05) is 0 Å². The summed E-state index contributed by atoms with van der Waals surface area (Å²) < 4.78 is 24.2. The van der Waals surface area contributed by atoms with Crippen LogP contribution in [0.25, 0.3) is 0 Å². The highest BCUT2D eigenvalue weighted by molar-refractivity contribution is 7.92. The smallest absolute Gasteiger partial charge is 0.229 e. The molecule has 18 heavy (non-hydrogen) atoms. The van der Waals surface area contributed by atoms with E-state index in [1.54, 1.807) is 24.3 Å². The molecule has 102 valence electrons. The number of carbonyl (C=O) groups excluding carboxylic acids is 1. The molecule has 0 aliphatic heterocycles. The minimum Gasteiger partial charge on any atom is -0.330 e. The lowest BCUT2D eigenvalue weighted by Gasteiger charge is -2.06. The van der Waals surface area contributed by atoms with Gasteiger partial charge in [-0.1, -0.05) is 0 Å². The van der Waals surface area contributed by atoms with Crippen molar-refractivity contribution < 1.29 is 13.2 Å². The van der Waals surface area contributed by atoms with Crippen LogP contribution in [0.2, 0.25) is 0 Å². The lowest BCUT2D eigenvalue weighted by molar-refractivity contribution is -0.116. The lowest BCUT2D eigenvalue weighted by Crippen LogP contribution is -2.16. The van der Waals surface area contributed by atoms with Crippen molar-refractivity contribution in [2.45, 2.75) is 6.42 Å². The van der Waals surface area contributed by atoms with Crippen LogP contribution >= 0.6 is 12.4 Å². The standard InChI is InChI=1S/C10H15N3O3S.ClH/c1-17(15,16)13-9-4-2-8(3-5-9)12-10(14)6-7-11;/h2-5,13H,6-7,11H2,1H3,(H,12,14);1H. The second kappa shape index (κ2) is 7.20. The van der Waals surface area contributed by atoms with Crippen LogP contribution < -0.4 is 15.8 Å². The van der Waals surface area contributed by atoms with E-state index >= 15 is 0 Å². The van der Waals surface area contributed by atoms with Crippen molar-refractivity contribution in [1.82, 2.24) is 0 Å². The Morgan fingerprint density at radius 3 is 2.17 bits per heavy atom. The summed E-state index contributed by atoms with van der Waals surface area (Å²) >= 11 is 0. The maximum absolute atomic E-state index is 11.2. The Morgan fingerprint density at radius 1 is 1.22 bits per heavy atom. The third-order valence-electron chi connectivity index (χ3n) is 1.84. The van der Waals surface area contributed by atoms with Gasteiger partial charge in [-0.3, -0.25) is 9.52 Å². The molecule has 1 aromatic carbocycles. The van der Waals surface area contributed by atoms with Crippen molar-refractivity contribution in [1.29, 1.82) is 0 Å². The molecule has 1 amide bonds. The number of rotatable bonds is 5. The molecule has 0 radical (unpaired) electrons. The van der Waals surface area contributed by atoms with Gasteiger partial charge in [-0.2, -0.15) is 0 Å². The van der Waals surface area contributed by atoms with Gasteiger partial charge in [-0.05, 0) is 24.3 Å². The van der Waals surface area contributed by atoms with Crippen molar-refractivity contribution in [2.24, 2.45) is 5.73 Å². The largest absolute Gasteiger partial charge is 0.330 e. The molecule has 1 rings (SSSR count). The Balaban J connectivity index is 0.00000289. The molecule has 0 saturated heterocycles. The first-order chi connectivity index (χ1) is 7.90. The number of nitrogens with two attached hydrogens (primary N) is 1. The first-order valence-electron chi connectivity index (χ1n) is 4.98. The van der Waals surface area contributed by atoms with Gasteiger partial charge >= 0.3 is 0 Å². The van der Waals surface area contributed by atoms with Crippen molar-refractivity contribution in [3.63, 3.8) is 0 Å². The van der Waals surface area contributed by atoms with Gasteiger partial charge in [0.2, 0.25) is 15.9 Å². The summed E-state index contributed by atoms with van der Waals surface area (Å²) in [5, 5.41) is 2.64. The molecular weight excluding hydrogens is 278 g/mol. The number of amides is 1. The summed E-state index contributed by atoms with van der Waals surface area (Å²) in [6, 6.07) is 6.36. The summed E-state index contributed by atoms with van der Waals surface area (Å²) in [7, 11) is -3.28. The minimum atomic E-state index is -3.28. The van der Waals surface area contributed by atoms with Crippen molar-refractivity contribution in [3.8, 4) is 0 Å². The maximum Gasteiger partial charge on any atom is 0.229 e. The number of carbonyl (C=O) groups is 1. The topological polar surface area (TPSA) is 101 Å². The number of benzene rings is 1. The summed E-state index contributed by atoms with van der Waals surface area (Å²) in [6.45, 7) is 0.291. The molecule has 0 aromatic heterocycles. The van der Waals surface area contributed by atoms with Crippen LogP contribution in [-0.2, 0) is 14.8 Å². The van der Waals surface area contributed by atoms with Gasteiger partial charge in [-0.15, -0.1) is 12.4 Å². The van der Waals surface area contributed by atoms with Crippen molar-refractivity contribution in [2.75, 3.05) is 22.8 Å². The first-order valence-corrected chi connectivity index (χ1v) is 6.87. The molecule has 8 heteroatoms. The fraction of sp³-hybridized carbons (Fsp3) is 0.300. The first kappa shape index (κ1) is 16.7. The predicted octanol–water partition coefficient (Wildman–Crippen LogP) is 0.767. The second-order valence-corrected chi connectivity index (χ2v) is 5.29. The molecule has 0 aliphatic rings. The van der Waals surface area contributed by atoms with Gasteiger partial charge < -0.3 is 11.1 Å². The summed E-state index contributed by atoms with van der Waals surface area (Å²) in [5.74, 6) is -0.170. The monoisotopic (exact) mass is 293 g/mol. The van der Waals surface area contributed by atoms with Gasteiger partial charge in [0.05, 0.1) is 6.26 Å². The highest BCUT2D eigenvalue weighted by Crippen LogP contribution is 2.14. The second-order valence-electron chi connectivity index (χ2n) is 3.54. The molecule has 1 aromatic rings. The van der Waals surface area contributed by atoms with Crippen LogP contribution in [0.4, 0.5) is 11.4 Å². The Kier molecular flexibility index (Phi) is 6.67. The average Bonchev–Trinajstić information content (AvgIpc) is 2.19. The number of anilines is 2. The highest BCUT2D eigenvalue weighted by atomic mass is 35.5. The molecule has 0 spiro atoms.